The second kappa shape index (κ2) is 11.3. The summed E-state index contributed by atoms with van der Waals surface area (Å²) in [5.74, 6) is -9.74. The molecule has 0 aliphatic heterocycles. The van der Waals surface area contributed by atoms with E-state index in [1.165, 1.54) is 19.9 Å². The third-order valence-corrected chi connectivity index (χ3v) is 6.80. The van der Waals surface area contributed by atoms with E-state index < -0.39 is 47.1 Å². The zero-order chi connectivity index (χ0) is 29.5. The number of carbonyl (C=O) groups is 1. The van der Waals surface area contributed by atoms with Crippen LogP contribution >= 0.6 is 11.6 Å². The SMILES string of the molecule is Cc1cc(OCc2ccc(C(=O)Nc3c(C)nn(Cc4c(F)c(F)c(F)c(F)c4F)c3C)o2)c(C(C)C)cc1Cl. The number of anilines is 1. The number of nitrogens with zero attached hydrogens (tertiary/aromatic N) is 2. The van der Waals surface area contributed by atoms with E-state index in [0.717, 1.165) is 15.8 Å². The Morgan fingerprint density at radius 3 is 2.27 bits per heavy atom. The molecular weight excluding hydrogens is 557 g/mol. The van der Waals surface area contributed by atoms with Gasteiger partial charge >= 0.3 is 0 Å². The lowest BCUT2D eigenvalue weighted by atomic mass is 10.0. The van der Waals surface area contributed by atoms with E-state index in [1.54, 1.807) is 6.07 Å². The van der Waals surface area contributed by atoms with Crippen LogP contribution in [-0.2, 0) is 13.2 Å². The number of carbonyl (C=O) groups excluding carboxylic acids is 1. The molecule has 2 aromatic carbocycles. The quantitative estimate of drug-likeness (QED) is 0.131. The zero-order valence-electron chi connectivity index (χ0n) is 22.2. The number of rotatable bonds is 8. The van der Waals surface area contributed by atoms with Crippen molar-refractivity contribution in [2.75, 3.05) is 5.32 Å². The normalized spacial score (nSPS) is 11.4. The molecule has 2 heterocycles. The van der Waals surface area contributed by atoms with Crippen LogP contribution in [0.2, 0.25) is 5.02 Å². The van der Waals surface area contributed by atoms with Crippen molar-refractivity contribution >= 4 is 23.2 Å². The van der Waals surface area contributed by atoms with Gasteiger partial charge in [-0.1, -0.05) is 25.4 Å². The van der Waals surface area contributed by atoms with Gasteiger partial charge in [-0.2, -0.15) is 5.10 Å². The van der Waals surface area contributed by atoms with Gasteiger partial charge in [0.15, 0.2) is 29.0 Å². The van der Waals surface area contributed by atoms with Crippen LogP contribution in [-0.4, -0.2) is 15.7 Å². The summed E-state index contributed by atoms with van der Waals surface area (Å²) in [7, 11) is 0. The van der Waals surface area contributed by atoms with Crippen LogP contribution in [0.5, 0.6) is 5.75 Å². The highest BCUT2D eigenvalue weighted by Gasteiger charge is 2.27. The molecule has 0 unspecified atom stereocenters. The maximum atomic E-state index is 14.2. The van der Waals surface area contributed by atoms with Gasteiger partial charge in [-0.05, 0) is 62.1 Å². The van der Waals surface area contributed by atoms with Crippen LogP contribution in [0, 0.1) is 49.9 Å². The Morgan fingerprint density at radius 2 is 1.65 bits per heavy atom. The Kier molecular flexibility index (Phi) is 8.25. The summed E-state index contributed by atoms with van der Waals surface area (Å²) in [5, 5.41) is 7.34. The molecule has 0 bridgehead atoms. The molecule has 0 saturated carbocycles. The molecule has 0 fully saturated rings. The topological polar surface area (TPSA) is 69.3 Å². The number of halogens is 6. The van der Waals surface area contributed by atoms with Gasteiger partial charge in [0, 0.05) is 5.02 Å². The minimum Gasteiger partial charge on any atom is -0.485 e. The van der Waals surface area contributed by atoms with Gasteiger partial charge in [0.2, 0.25) is 5.82 Å². The predicted molar refractivity (Wildman–Crippen MR) is 138 cm³/mol. The lowest BCUT2D eigenvalue weighted by Crippen LogP contribution is -2.14. The fraction of sp³-hybridized carbons (Fsp3) is 0.286. The maximum Gasteiger partial charge on any atom is 0.291 e. The number of benzene rings is 2. The largest absolute Gasteiger partial charge is 0.485 e. The number of aromatic nitrogens is 2. The lowest BCUT2D eigenvalue weighted by molar-refractivity contribution is 0.0992. The number of amides is 1. The van der Waals surface area contributed by atoms with Gasteiger partial charge < -0.3 is 14.5 Å². The average Bonchev–Trinajstić information content (AvgIpc) is 3.49. The van der Waals surface area contributed by atoms with Crippen molar-refractivity contribution in [1.29, 1.82) is 0 Å². The van der Waals surface area contributed by atoms with Crippen molar-refractivity contribution < 1.29 is 35.9 Å². The zero-order valence-corrected chi connectivity index (χ0v) is 22.9. The number of aryl methyl sites for hydroxylation is 2. The molecule has 2 aromatic heterocycles. The molecule has 0 spiro atoms. The summed E-state index contributed by atoms with van der Waals surface area (Å²) >= 11 is 6.25. The molecule has 212 valence electrons. The first-order valence-corrected chi connectivity index (χ1v) is 12.5. The monoisotopic (exact) mass is 581 g/mol. The highest BCUT2D eigenvalue weighted by atomic mass is 35.5. The average molecular weight is 582 g/mol. The third-order valence-electron chi connectivity index (χ3n) is 6.40. The van der Waals surface area contributed by atoms with Crippen LogP contribution in [0.15, 0.2) is 28.7 Å². The van der Waals surface area contributed by atoms with Crippen molar-refractivity contribution in [2.45, 2.75) is 53.7 Å². The van der Waals surface area contributed by atoms with E-state index in [2.05, 4.69) is 10.4 Å². The number of hydrogen-bond acceptors (Lipinski definition) is 4. The van der Waals surface area contributed by atoms with Crippen LogP contribution < -0.4 is 10.1 Å². The van der Waals surface area contributed by atoms with Gasteiger partial charge in [-0.3, -0.25) is 9.48 Å². The van der Waals surface area contributed by atoms with E-state index in [1.807, 2.05) is 32.9 Å². The Hall–Kier alpha value is -3.86. The highest BCUT2D eigenvalue weighted by Crippen LogP contribution is 2.33. The molecule has 0 aliphatic rings. The molecule has 0 aliphatic carbocycles. The van der Waals surface area contributed by atoms with Crippen molar-refractivity contribution in [1.82, 2.24) is 9.78 Å². The molecule has 12 heteroatoms. The molecule has 0 saturated heterocycles. The lowest BCUT2D eigenvalue weighted by Gasteiger charge is -2.15. The third kappa shape index (κ3) is 5.56. The first-order valence-electron chi connectivity index (χ1n) is 12.2. The number of furan rings is 1. The smallest absolute Gasteiger partial charge is 0.291 e. The van der Waals surface area contributed by atoms with Gasteiger partial charge in [0.1, 0.15) is 18.1 Å². The van der Waals surface area contributed by atoms with E-state index in [4.69, 9.17) is 20.8 Å². The van der Waals surface area contributed by atoms with Crippen LogP contribution in [0.25, 0.3) is 0 Å². The summed E-state index contributed by atoms with van der Waals surface area (Å²) in [4.78, 5) is 12.9. The predicted octanol–water partition coefficient (Wildman–Crippen LogP) is 7.75. The van der Waals surface area contributed by atoms with E-state index in [-0.39, 0.29) is 35.4 Å². The first kappa shape index (κ1) is 29.1. The summed E-state index contributed by atoms with van der Waals surface area (Å²) in [6.45, 7) is 8.18. The Labute approximate surface area is 231 Å². The standard InChI is InChI=1S/C28H25ClF5N3O3/c1-12(2)17-9-19(29)13(3)8-21(17)39-11-16-6-7-20(40-16)28(38)35-27-14(4)36-37(15(27)5)10-18-22(30)24(32)26(34)25(33)23(18)31/h6-9,12H,10-11H2,1-5H3,(H,35,38). The molecule has 1 amide bonds. The second-order valence-corrected chi connectivity index (χ2v) is 9.96. The van der Waals surface area contributed by atoms with E-state index in [9.17, 15) is 26.7 Å². The Morgan fingerprint density at radius 1 is 1.02 bits per heavy atom. The number of ether oxygens (including phenoxy) is 1. The van der Waals surface area contributed by atoms with Gasteiger partial charge in [-0.25, -0.2) is 22.0 Å². The van der Waals surface area contributed by atoms with Crippen molar-refractivity contribution in [3.05, 3.63) is 98.0 Å². The minimum atomic E-state index is -2.24. The minimum absolute atomic E-state index is 0.0405. The molecule has 1 N–H and O–H groups in total. The summed E-state index contributed by atoms with van der Waals surface area (Å²) in [6, 6.07) is 6.73. The molecule has 40 heavy (non-hydrogen) atoms. The fourth-order valence-electron chi connectivity index (χ4n) is 4.12. The van der Waals surface area contributed by atoms with Crippen LogP contribution in [0.3, 0.4) is 0 Å². The molecule has 0 atom stereocenters. The van der Waals surface area contributed by atoms with Crippen LogP contribution in [0.4, 0.5) is 27.6 Å². The molecule has 4 aromatic rings. The maximum absolute atomic E-state index is 14.2. The van der Waals surface area contributed by atoms with Gasteiger partial charge in [0.25, 0.3) is 5.91 Å². The number of hydrogen-bond donors (Lipinski definition) is 1. The molecular formula is C28H25ClF5N3O3. The fourth-order valence-corrected chi connectivity index (χ4v) is 4.29. The summed E-state index contributed by atoms with van der Waals surface area (Å²) in [5.41, 5.74) is 1.41. The van der Waals surface area contributed by atoms with Gasteiger partial charge in [0.05, 0.1) is 29.2 Å². The van der Waals surface area contributed by atoms with E-state index in [0.29, 0.717) is 16.5 Å². The molecule has 4 rings (SSSR count). The second-order valence-electron chi connectivity index (χ2n) is 9.55. The van der Waals surface area contributed by atoms with Crippen molar-refractivity contribution in [3.63, 3.8) is 0 Å². The Bertz CT molecular complexity index is 1580. The molecule has 0 radical (unpaired) electrons. The summed E-state index contributed by atoms with van der Waals surface area (Å²) < 4.78 is 81.6. The van der Waals surface area contributed by atoms with Gasteiger partial charge in [-0.15, -0.1) is 0 Å². The Balaban J connectivity index is 1.49. The highest BCUT2D eigenvalue weighted by molar-refractivity contribution is 6.31. The van der Waals surface area contributed by atoms with Crippen LogP contribution in [0.1, 0.15) is 64.2 Å². The first-order chi connectivity index (χ1) is 18.8. The van der Waals surface area contributed by atoms with E-state index >= 15 is 0 Å². The molecule has 6 nitrogen and oxygen atoms in total. The number of nitrogens with one attached hydrogen (secondary N) is 1. The van der Waals surface area contributed by atoms with Crippen molar-refractivity contribution in [2.24, 2.45) is 0 Å². The summed E-state index contributed by atoms with van der Waals surface area (Å²) in [6.07, 6.45) is 0. The van der Waals surface area contributed by atoms with Crippen molar-refractivity contribution in [3.8, 4) is 5.75 Å².